The van der Waals surface area contributed by atoms with Crippen molar-refractivity contribution in [1.29, 1.82) is 0 Å². The van der Waals surface area contributed by atoms with Crippen molar-refractivity contribution in [2.45, 2.75) is 25.9 Å². The van der Waals surface area contributed by atoms with Gasteiger partial charge in [0.15, 0.2) is 0 Å². The Morgan fingerprint density at radius 2 is 2.53 bits per heavy atom. The van der Waals surface area contributed by atoms with Gasteiger partial charge in [0.05, 0.1) is 0 Å². The van der Waals surface area contributed by atoms with E-state index < -0.39 is 0 Å². The first-order valence-electron chi connectivity index (χ1n) is 5.70. The van der Waals surface area contributed by atoms with Gasteiger partial charge in [-0.15, -0.1) is 17.9 Å². The molecule has 0 aromatic carbocycles. The topological polar surface area (TPSA) is 29.9 Å². The van der Waals surface area contributed by atoms with Crippen LogP contribution in [0.15, 0.2) is 42.6 Å². The molecule has 0 amide bonds. The predicted octanol–water partition coefficient (Wildman–Crippen LogP) is 3.17. The average molecular weight is 247 g/mol. The van der Waals surface area contributed by atoms with Crippen LogP contribution in [0.25, 0.3) is 0 Å². The van der Waals surface area contributed by atoms with Gasteiger partial charge in [0.2, 0.25) is 5.95 Å². The Labute approximate surface area is 106 Å². The van der Waals surface area contributed by atoms with Crippen LogP contribution in [-0.2, 0) is 13.0 Å². The maximum atomic E-state index is 4.31. The first-order valence-corrected chi connectivity index (χ1v) is 6.58. The molecule has 4 heteroatoms. The van der Waals surface area contributed by atoms with Crippen LogP contribution >= 0.6 is 11.3 Å². The highest BCUT2D eigenvalue weighted by Gasteiger charge is 2.07. The molecule has 0 bridgehead atoms. The second-order valence-corrected chi connectivity index (χ2v) is 5.05. The molecule has 0 fully saturated rings. The number of allylic oxidation sites excluding steroid dienone is 1. The lowest BCUT2D eigenvalue weighted by atomic mass is 10.2. The zero-order valence-electron chi connectivity index (χ0n) is 9.97. The minimum atomic E-state index is 0.375. The van der Waals surface area contributed by atoms with E-state index in [1.54, 1.807) is 11.3 Å². The van der Waals surface area contributed by atoms with Gasteiger partial charge in [0.25, 0.3) is 0 Å². The second-order valence-electron chi connectivity index (χ2n) is 4.02. The minimum Gasteiger partial charge on any atom is -0.353 e. The lowest BCUT2D eigenvalue weighted by Crippen LogP contribution is -2.20. The van der Waals surface area contributed by atoms with E-state index in [1.165, 1.54) is 4.88 Å². The van der Waals surface area contributed by atoms with Crippen molar-refractivity contribution in [2.24, 2.45) is 0 Å². The third-order valence-electron chi connectivity index (χ3n) is 2.50. The second kappa shape index (κ2) is 5.68. The molecule has 0 spiro atoms. The van der Waals surface area contributed by atoms with Gasteiger partial charge in [-0.25, -0.2) is 4.98 Å². The Kier molecular flexibility index (Phi) is 3.98. The molecule has 0 saturated heterocycles. The Morgan fingerprint density at radius 3 is 3.24 bits per heavy atom. The van der Waals surface area contributed by atoms with Crippen molar-refractivity contribution in [3.63, 3.8) is 0 Å². The van der Waals surface area contributed by atoms with E-state index in [4.69, 9.17) is 0 Å². The fourth-order valence-electron chi connectivity index (χ4n) is 1.74. The molecule has 1 unspecified atom stereocenters. The van der Waals surface area contributed by atoms with E-state index in [0.29, 0.717) is 6.04 Å². The first kappa shape index (κ1) is 11.9. The summed E-state index contributed by atoms with van der Waals surface area (Å²) in [6, 6.07) is 4.63. The maximum absolute atomic E-state index is 4.31. The zero-order chi connectivity index (χ0) is 12.1. The molecule has 90 valence electrons. The molecule has 0 aliphatic carbocycles. The van der Waals surface area contributed by atoms with Gasteiger partial charge < -0.3 is 9.88 Å². The van der Waals surface area contributed by atoms with E-state index >= 15 is 0 Å². The maximum Gasteiger partial charge on any atom is 0.203 e. The molecular formula is C13H17N3S. The Hall–Kier alpha value is -1.55. The number of thiophene rings is 1. The standard InChI is InChI=1S/C13H17N3S/c1-3-7-16-8-6-14-13(16)15-11(2)10-12-5-4-9-17-12/h3-6,8-9,11H,1,7,10H2,2H3,(H,14,15). The summed E-state index contributed by atoms with van der Waals surface area (Å²) in [5.41, 5.74) is 0. The molecule has 2 aromatic rings. The van der Waals surface area contributed by atoms with Gasteiger partial charge >= 0.3 is 0 Å². The number of hydrogen-bond acceptors (Lipinski definition) is 3. The summed E-state index contributed by atoms with van der Waals surface area (Å²) in [6.45, 7) is 6.70. The summed E-state index contributed by atoms with van der Waals surface area (Å²) in [7, 11) is 0. The van der Waals surface area contributed by atoms with E-state index in [9.17, 15) is 0 Å². The molecule has 17 heavy (non-hydrogen) atoms. The van der Waals surface area contributed by atoms with Crippen LogP contribution in [-0.4, -0.2) is 15.6 Å². The summed E-state index contributed by atoms with van der Waals surface area (Å²) in [6.07, 6.45) is 6.67. The summed E-state index contributed by atoms with van der Waals surface area (Å²) in [4.78, 5) is 5.71. The lowest BCUT2D eigenvalue weighted by Gasteiger charge is -2.14. The van der Waals surface area contributed by atoms with Crippen molar-refractivity contribution in [2.75, 3.05) is 5.32 Å². The third-order valence-corrected chi connectivity index (χ3v) is 3.40. The highest BCUT2D eigenvalue weighted by Crippen LogP contribution is 2.14. The van der Waals surface area contributed by atoms with Gasteiger partial charge in [0, 0.05) is 36.3 Å². The molecule has 0 aliphatic rings. The molecule has 2 aromatic heterocycles. The van der Waals surface area contributed by atoms with Crippen molar-refractivity contribution >= 4 is 17.3 Å². The van der Waals surface area contributed by atoms with E-state index in [2.05, 4.69) is 45.9 Å². The number of rotatable bonds is 6. The summed E-state index contributed by atoms with van der Waals surface area (Å²) < 4.78 is 2.05. The summed E-state index contributed by atoms with van der Waals surface area (Å²) >= 11 is 1.79. The van der Waals surface area contributed by atoms with Gasteiger partial charge in [-0.05, 0) is 18.4 Å². The van der Waals surface area contributed by atoms with Gasteiger partial charge in [-0.3, -0.25) is 0 Å². The van der Waals surface area contributed by atoms with E-state index in [-0.39, 0.29) is 0 Å². The molecule has 3 nitrogen and oxygen atoms in total. The van der Waals surface area contributed by atoms with Crippen molar-refractivity contribution in [1.82, 2.24) is 9.55 Å². The zero-order valence-corrected chi connectivity index (χ0v) is 10.8. The molecule has 2 heterocycles. The van der Waals surface area contributed by atoms with Crippen LogP contribution < -0.4 is 5.32 Å². The Bertz CT molecular complexity index is 459. The SMILES string of the molecule is C=CCn1ccnc1NC(C)Cc1cccs1. The Morgan fingerprint density at radius 1 is 1.65 bits per heavy atom. The molecular weight excluding hydrogens is 230 g/mol. The summed E-state index contributed by atoms with van der Waals surface area (Å²) in [5.74, 6) is 0.911. The normalized spacial score (nSPS) is 12.3. The van der Waals surface area contributed by atoms with Crippen LogP contribution in [0.2, 0.25) is 0 Å². The third kappa shape index (κ3) is 3.20. The Balaban J connectivity index is 1.95. The van der Waals surface area contributed by atoms with E-state index in [0.717, 1.165) is 18.9 Å². The predicted molar refractivity (Wildman–Crippen MR) is 73.5 cm³/mol. The number of nitrogens with one attached hydrogen (secondary N) is 1. The van der Waals surface area contributed by atoms with Gasteiger partial charge in [-0.1, -0.05) is 12.1 Å². The van der Waals surface area contributed by atoms with Crippen molar-refractivity contribution < 1.29 is 0 Å². The molecule has 0 radical (unpaired) electrons. The first-order chi connectivity index (χ1) is 8.29. The van der Waals surface area contributed by atoms with Crippen LogP contribution in [0.3, 0.4) is 0 Å². The average Bonchev–Trinajstić information content (AvgIpc) is 2.92. The molecule has 1 N–H and O–H groups in total. The smallest absolute Gasteiger partial charge is 0.203 e. The largest absolute Gasteiger partial charge is 0.353 e. The number of hydrogen-bond donors (Lipinski definition) is 1. The number of nitrogens with zero attached hydrogens (tertiary/aromatic N) is 2. The van der Waals surface area contributed by atoms with Crippen LogP contribution in [0.1, 0.15) is 11.8 Å². The molecule has 0 saturated carbocycles. The molecule has 1 atom stereocenters. The molecule has 0 aliphatic heterocycles. The van der Waals surface area contributed by atoms with E-state index in [1.807, 2.05) is 18.5 Å². The van der Waals surface area contributed by atoms with Crippen LogP contribution in [0, 0.1) is 0 Å². The number of anilines is 1. The van der Waals surface area contributed by atoms with Crippen molar-refractivity contribution in [3.05, 3.63) is 47.4 Å². The highest BCUT2D eigenvalue weighted by molar-refractivity contribution is 7.09. The van der Waals surface area contributed by atoms with Gasteiger partial charge in [-0.2, -0.15) is 0 Å². The number of aromatic nitrogens is 2. The fourth-order valence-corrected chi connectivity index (χ4v) is 2.57. The van der Waals surface area contributed by atoms with Crippen molar-refractivity contribution in [3.8, 4) is 0 Å². The highest BCUT2D eigenvalue weighted by atomic mass is 32.1. The van der Waals surface area contributed by atoms with Gasteiger partial charge in [0.1, 0.15) is 0 Å². The number of imidazole rings is 1. The summed E-state index contributed by atoms with van der Waals surface area (Å²) in [5, 5.41) is 5.54. The van der Waals surface area contributed by atoms with Crippen LogP contribution in [0.5, 0.6) is 0 Å². The fraction of sp³-hybridized carbons (Fsp3) is 0.308. The monoisotopic (exact) mass is 247 g/mol. The molecule has 2 rings (SSSR count). The quantitative estimate of drug-likeness (QED) is 0.795. The lowest BCUT2D eigenvalue weighted by molar-refractivity contribution is 0.750. The minimum absolute atomic E-state index is 0.375. The van der Waals surface area contributed by atoms with Crippen LogP contribution in [0.4, 0.5) is 5.95 Å².